The Kier molecular flexibility index (Phi) is 10.3. The van der Waals surface area contributed by atoms with Crippen LogP contribution in [-0.2, 0) is 19.1 Å². The molecule has 162 valence electrons. The van der Waals surface area contributed by atoms with Gasteiger partial charge in [-0.1, -0.05) is 0 Å². The van der Waals surface area contributed by atoms with E-state index >= 15 is 0 Å². The highest BCUT2D eigenvalue weighted by molar-refractivity contribution is 5.86. The van der Waals surface area contributed by atoms with Gasteiger partial charge in [-0.3, -0.25) is 14.4 Å². The lowest BCUT2D eigenvalue weighted by Gasteiger charge is -2.32. The van der Waals surface area contributed by atoms with Gasteiger partial charge in [0.15, 0.2) is 0 Å². The van der Waals surface area contributed by atoms with E-state index in [1.54, 1.807) is 0 Å². The van der Waals surface area contributed by atoms with Crippen molar-refractivity contribution < 1.29 is 39.5 Å². The quantitative estimate of drug-likeness (QED) is 0.336. The molecule has 0 radical (unpaired) electrons. The van der Waals surface area contributed by atoms with Gasteiger partial charge in [-0.15, -0.1) is 0 Å². The number of carbonyl (C=O) groups is 3. The number of carboxylic acid groups (broad SMARTS) is 1. The summed E-state index contributed by atoms with van der Waals surface area (Å²) in [4.78, 5) is 37.8. The van der Waals surface area contributed by atoms with E-state index in [-0.39, 0.29) is 38.8 Å². The van der Waals surface area contributed by atoms with Gasteiger partial charge in [-0.25, -0.2) is 0 Å². The minimum absolute atomic E-state index is 0.0667. The van der Waals surface area contributed by atoms with E-state index in [1.807, 2.05) is 0 Å². The van der Waals surface area contributed by atoms with Crippen molar-refractivity contribution >= 4 is 17.8 Å². The molecule has 0 aromatic carbocycles. The number of amides is 2. The number of hydrogen-bond acceptors (Lipinski definition) is 8. The van der Waals surface area contributed by atoms with E-state index < -0.39 is 42.7 Å². The number of nitrogens with two attached hydrogens (primary N) is 1. The summed E-state index contributed by atoms with van der Waals surface area (Å²) in [5, 5.41) is 38.8. The number of hydrogen-bond donors (Lipinski definition) is 5. The lowest BCUT2D eigenvalue weighted by atomic mass is 10.1. The number of ether oxygens (including phenoxy) is 1. The van der Waals surface area contributed by atoms with E-state index in [4.69, 9.17) is 15.6 Å². The number of aliphatic carboxylic acids is 1. The number of carbonyl (C=O) groups excluding carboxylic acids is 2. The van der Waals surface area contributed by atoms with Crippen molar-refractivity contribution in [3.63, 3.8) is 0 Å². The molecule has 6 N–H and O–H groups in total. The van der Waals surface area contributed by atoms with Gasteiger partial charge < -0.3 is 40.7 Å². The average Bonchev–Trinajstić information content (AvgIpc) is 2.62. The van der Waals surface area contributed by atoms with Crippen LogP contribution in [0.25, 0.3) is 0 Å². The first kappa shape index (κ1) is 24.2. The van der Waals surface area contributed by atoms with Crippen LogP contribution in [0, 0.1) is 0 Å². The van der Waals surface area contributed by atoms with Crippen LogP contribution in [-0.4, -0.2) is 112 Å². The Hall–Kier alpha value is -1.79. The van der Waals surface area contributed by atoms with Gasteiger partial charge in [0.1, 0.15) is 18.3 Å². The van der Waals surface area contributed by atoms with Crippen LogP contribution in [0.2, 0.25) is 0 Å². The molecular weight excluding hydrogens is 374 g/mol. The third-order valence-electron chi connectivity index (χ3n) is 4.56. The second-order valence-corrected chi connectivity index (χ2v) is 6.90. The minimum atomic E-state index is -1.49. The van der Waals surface area contributed by atoms with E-state index in [2.05, 4.69) is 0 Å². The second-order valence-electron chi connectivity index (χ2n) is 6.90. The molecule has 28 heavy (non-hydrogen) atoms. The molecule has 0 unspecified atom stereocenters. The molecule has 0 spiro atoms. The Labute approximate surface area is 163 Å². The molecule has 0 bridgehead atoms. The molecule has 1 aliphatic rings. The molecule has 0 saturated carbocycles. The number of nitrogens with zero attached hydrogens (tertiary/aromatic N) is 2. The number of carboxylic acids is 1. The second kappa shape index (κ2) is 11.9. The highest BCUT2D eigenvalue weighted by Crippen LogP contribution is 2.08. The van der Waals surface area contributed by atoms with Crippen molar-refractivity contribution in [2.45, 2.75) is 50.5 Å². The van der Waals surface area contributed by atoms with Gasteiger partial charge in [-0.2, -0.15) is 0 Å². The van der Waals surface area contributed by atoms with Crippen LogP contribution in [0.5, 0.6) is 0 Å². The van der Waals surface area contributed by atoms with Crippen molar-refractivity contribution in [3.05, 3.63) is 0 Å². The monoisotopic (exact) mass is 405 g/mol. The predicted octanol–water partition coefficient (Wildman–Crippen LogP) is -2.64. The van der Waals surface area contributed by atoms with Crippen molar-refractivity contribution in [1.82, 2.24) is 9.80 Å². The van der Waals surface area contributed by atoms with Crippen molar-refractivity contribution in [2.24, 2.45) is 5.73 Å². The summed E-state index contributed by atoms with van der Waals surface area (Å²) >= 11 is 0. The number of β-amino-alcohol motifs (C(OH)–C–C–N with tert-alkyl or cyclic N) is 1. The highest BCUT2D eigenvalue weighted by Gasteiger charge is 2.29. The molecular formula is C17H31N3O8. The smallest absolute Gasteiger partial charge is 0.305 e. The zero-order chi connectivity index (χ0) is 21.3. The summed E-state index contributed by atoms with van der Waals surface area (Å²) < 4.78 is 5.27. The van der Waals surface area contributed by atoms with Gasteiger partial charge in [-0.05, 0) is 12.8 Å². The average molecular weight is 405 g/mol. The fourth-order valence-electron chi connectivity index (χ4n) is 2.86. The fraction of sp³-hybridized carbons (Fsp3) is 0.824. The Morgan fingerprint density at radius 1 is 1.07 bits per heavy atom. The maximum Gasteiger partial charge on any atom is 0.305 e. The van der Waals surface area contributed by atoms with Crippen LogP contribution in [0.15, 0.2) is 0 Å². The first-order valence-electron chi connectivity index (χ1n) is 9.27. The van der Waals surface area contributed by atoms with Crippen LogP contribution in [0.4, 0.5) is 0 Å². The molecule has 11 heteroatoms. The fourth-order valence-corrected chi connectivity index (χ4v) is 2.86. The van der Waals surface area contributed by atoms with E-state index in [1.165, 1.54) is 16.7 Å². The van der Waals surface area contributed by atoms with Crippen LogP contribution < -0.4 is 5.73 Å². The van der Waals surface area contributed by atoms with Crippen molar-refractivity contribution in [1.29, 1.82) is 0 Å². The lowest BCUT2D eigenvalue weighted by molar-refractivity contribution is -0.142. The first-order chi connectivity index (χ1) is 13.1. The molecule has 1 fully saturated rings. The zero-order valence-corrected chi connectivity index (χ0v) is 16.1. The SMILES string of the molecule is CC(=O)N1CCN(C(=O)[C@@H](N)CC(=O)O)CCCCOC[C@@H](O)[C@H](O)[C@@H](O)C1. The summed E-state index contributed by atoms with van der Waals surface area (Å²) in [6, 6.07) is -1.19. The van der Waals surface area contributed by atoms with E-state index in [0.717, 1.165) is 0 Å². The molecule has 0 aromatic heterocycles. The molecule has 1 saturated heterocycles. The van der Waals surface area contributed by atoms with Gasteiger partial charge >= 0.3 is 5.97 Å². The maximum atomic E-state index is 12.5. The van der Waals surface area contributed by atoms with Gasteiger partial charge in [0.2, 0.25) is 11.8 Å². The number of rotatable bonds is 3. The summed E-state index contributed by atoms with van der Waals surface area (Å²) in [6.45, 7) is 1.61. The van der Waals surface area contributed by atoms with E-state index in [9.17, 15) is 29.7 Å². The largest absolute Gasteiger partial charge is 0.481 e. The molecule has 1 rings (SSSR count). The third kappa shape index (κ3) is 8.07. The Morgan fingerprint density at radius 3 is 2.32 bits per heavy atom. The van der Waals surface area contributed by atoms with Crippen molar-refractivity contribution in [3.8, 4) is 0 Å². The molecule has 11 nitrogen and oxygen atoms in total. The highest BCUT2D eigenvalue weighted by atomic mass is 16.5. The van der Waals surface area contributed by atoms with Gasteiger partial charge in [0.05, 0.1) is 19.1 Å². The summed E-state index contributed by atoms with van der Waals surface area (Å²) in [7, 11) is 0. The van der Waals surface area contributed by atoms with Crippen molar-refractivity contribution in [2.75, 3.05) is 39.4 Å². The topological polar surface area (TPSA) is 174 Å². The lowest BCUT2D eigenvalue weighted by Crippen LogP contribution is -2.51. The number of aliphatic hydroxyl groups excluding tert-OH is 3. The Bertz CT molecular complexity index is 533. The molecule has 2 amide bonds. The maximum absolute atomic E-state index is 12.5. The van der Waals surface area contributed by atoms with Crippen LogP contribution >= 0.6 is 0 Å². The molecule has 1 aliphatic heterocycles. The van der Waals surface area contributed by atoms with E-state index in [0.29, 0.717) is 19.4 Å². The summed E-state index contributed by atoms with van der Waals surface area (Å²) in [5.41, 5.74) is 5.68. The van der Waals surface area contributed by atoms with Crippen LogP contribution in [0.1, 0.15) is 26.2 Å². The molecule has 1 heterocycles. The first-order valence-corrected chi connectivity index (χ1v) is 9.27. The molecule has 4 atom stereocenters. The molecule has 0 aromatic rings. The Morgan fingerprint density at radius 2 is 1.71 bits per heavy atom. The normalized spacial score (nSPS) is 27.0. The predicted molar refractivity (Wildman–Crippen MR) is 97.1 cm³/mol. The Balaban J connectivity index is 2.89. The van der Waals surface area contributed by atoms with Gasteiger partial charge in [0, 0.05) is 39.7 Å². The third-order valence-corrected chi connectivity index (χ3v) is 4.56. The minimum Gasteiger partial charge on any atom is -0.481 e. The standard InChI is InChI=1S/C17H31N3O8/c1-11(21)20-6-5-19(17(27)12(18)8-15(24)25)4-2-3-7-28-10-14(23)16(26)13(22)9-20/h12-14,16,22-23,26H,2-10,18H2,1H3,(H,24,25)/t12-,13-,14+,16+/m0/s1. The summed E-state index contributed by atoms with van der Waals surface area (Å²) in [5.74, 6) is -2.10. The van der Waals surface area contributed by atoms with Gasteiger partial charge in [0.25, 0.3) is 0 Å². The molecule has 0 aliphatic carbocycles. The summed E-state index contributed by atoms with van der Waals surface area (Å²) in [6.07, 6.45) is -3.58. The number of aliphatic hydroxyl groups is 3. The van der Waals surface area contributed by atoms with Crippen LogP contribution in [0.3, 0.4) is 0 Å². The zero-order valence-electron chi connectivity index (χ0n) is 16.1.